The summed E-state index contributed by atoms with van der Waals surface area (Å²) in [7, 11) is -3.79. The van der Waals surface area contributed by atoms with E-state index in [2.05, 4.69) is 77.7 Å². The molecular weight excluding hydrogens is 877 g/mol. The Morgan fingerprint density at radius 1 is 0.820 bits per heavy atom. The highest BCUT2D eigenvalue weighted by Crippen LogP contribution is 2.38. The summed E-state index contributed by atoms with van der Waals surface area (Å²) < 4.78 is 33.0. The van der Waals surface area contributed by atoms with Gasteiger partial charge in [0.15, 0.2) is 22.4 Å². The summed E-state index contributed by atoms with van der Waals surface area (Å²) >= 11 is 19.5. The fourth-order valence-electron chi connectivity index (χ4n) is 3.11. The number of rotatable bonds is 10. The lowest BCUT2D eigenvalue weighted by atomic mass is 10.2. The number of aliphatic hydroxyl groups excluding tert-OH is 1. The highest BCUT2D eigenvalue weighted by molar-refractivity contribution is 14.2. The maximum atomic E-state index is 12.0. The number of aliphatic hydroxyl groups is 1. The topological polar surface area (TPSA) is 153 Å². The van der Waals surface area contributed by atoms with Gasteiger partial charge in [-0.2, -0.15) is 0 Å². The van der Waals surface area contributed by atoms with E-state index in [-0.39, 0.29) is 53.5 Å². The van der Waals surface area contributed by atoms with E-state index < -0.39 is 48.5 Å². The summed E-state index contributed by atoms with van der Waals surface area (Å²) in [5.74, 6) is -1.34. The predicted octanol–water partition coefficient (Wildman–Crippen LogP) is 10.8. The minimum Gasteiger partial charge on any atom is -0.478 e. The first-order valence-corrected chi connectivity index (χ1v) is 25.4. The lowest BCUT2D eigenvalue weighted by Crippen LogP contribution is -2.42. The average molecular weight is 923 g/mol. The second kappa shape index (κ2) is 19.5. The summed E-state index contributed by atoms with van der Waals surface area (Å²) in [4.78, 5) is 30.3. The molecule has 0 saturated heterocycles. The van der Waals surface area contributed by atoms with Crippen LogP contribution in [0.25, 0.3) is 0 Å². The van der Waals surface area contributed by atoms with E-state index in [4.69, 9.17) is 60.4 Å². The van der Waals surface area contributed by atoms with E-state index in [1.54, 1.807) is 6.07 Å². The normalized spacial score (nSPS) is 12.7. The van der Waals surface area contributed by atoms with Gasteiger partial charge in [-0.15, -0.1) is 0 Å². The average Bonchev–Trinajstić information content (AvgIpc) is 3.01. The first-order chi connectivity index (χ1) is 22.7. The molecule has 0 bridgehead atoms. The van der Waals surface area contributed by atoms with Crippen molar-refractivity contribution in [2.75, 3.05) is 13.2 Å². The van der Waals surface area contributed by atoms with Crippen molar-refractivity contribution in [2.24, 2.45) is 0 Å². The number of carboxylic acid groups (broad SMARTS) is 1. The Kier molecular flexibility index (Phi) is 18.1. The van der Waals surface area contributed by atoms with Gasteiger partial charge in [-0.3, -0.25) is 4.79 Å². The number of ketones is 1. The second-order valence-electron chi connectivity index (χ2n) is 14.1. The lowest BCUT2D eigenvalue weighted by Gasteiger charge is -2.36. The van der Waals surface area contributed by atoms with Crippen molar-refractivity contribution in [2.45, 2.75) is 83.9 Å². The summed E-state index contributed by atoms with van der Waals surface area (Å²) in [6, 6.07) is 8.71. The quantitative estimate of drug-likeness (QED) is 0.0869. The van der Waals surface area contributed by atoms with Crippen molar-refractivity contribution in [1.29, 1.82) is 0 Å². The molecule has 1 atom stereocenters. The van der Waals surface area contributed by atoms with Gasteiger partial charge in [0, 0.05) is 23.5 Å². The molecule has 0 radical (unpaired) electrons. The molecule has 0 aliphatic rings. The Bertz CT molecular complexity index is 1700. The molecule has 0 saturated carbocycles. The SMILES string of the molecule is CC(C)(C)[Si](C)(C)OCC(=O)c1cnc(Cl)c(Cl)c1.CC(C)(C)[Si](C)(C)OC[C@@H](O)c1cnc(Cl)c(Cl)c1.O=C(O)c1ccccc1I(=O)=O. The van der Waals surface area contributed by atoms with Crippen molar-refractivity contribution in [3.8, 4) is 0 Å². The Labute approximate surface area is 323 Å². The Hall–Kier alpha value is -1.54. The van der Waals surface area contributed by atoms with Gasteiger partial charge in [0.2, 0.25) is 0 Å². The van der Waals surface area contributed by atoms with Crippen LogP contribution in [0.2, 0.25) is 56.6 Å². The molecule has 0 aliphatic carbocycles. The maximum absolute atomic E-state index is 12.0. The van der Waals surface area contributed by atoms with Crippen molar-refractivity contribution in [1.82, 2.24) is 9.97 Å². The Morgan fingerprint density at radius 2 is 1.30 bits per heavy atom. The van der Waals surface area contributed by atoms with E-state index in [0.29, 0.717) is 16.1 Å². The first-order valence-electron chi connectivity index (χ1n) is 15.2. The molecule has 278 valence electrons. The molecule has 3 rings (SSSR count). The zero-order valence-corrected chi connectivity index (χ0v) is 36.9. The fraction of sp³-hybridized carbons (Fsp3) is 0.455. The number of hydrogen-bond donors (Lipinski definition) is 2. The maximum Gasteiger partial charge on any atom is 0.341 e. The van der Waals surface area contributed by atoms with Gasteiger partial charge in [0.25, 0.3) is 0 Å². The van der Waals surface area contributed by atoms with E-state index in [1.165, 1.54) is 42.7 Å². The summed E-state index contributed by atoms with van der Waals surface area (Å²) in [5.41, 5.74) is 0.897. The van der Waals surface area contributed by atoms with Crippen molar-refractivity contribution < 1.29 is 34.8 Å². The van der Waals surface area contributed by atoms with Crippen LogP contribution in [-0.4, -0.2) is 61.8 Å². The molecule has 17 heteroatoms. The number of carbonyl (C=O) groups excluding carboxylic acids is 1. The third kappa shape index (κ3) is 14.5. The molecule has 0 unspecified atom stereocenters. The van der Waals surface area contributed by atoms with Gasteiger partial charge in [-0.05, 0) is 60.5 Å². The van der Waals surface area contributed by atoms with Gasteiger partial charge < -0.3 is 19.1 Å². The minimum absolute atomic E-state index is 0.0517. The number of halogens is 5. The monoisotopic (exact) mass is 920 g/mol. The molecular formula is C33H45Cl4IN2O8Si2. The van der Waals surface area contributed by atoms with Crippen LogP contribution in [-0.2, 0) is 15.0 Å². The molecule has 50 heavy (non-hydrogen) atoms. The third-order valence-corrected chi connectivity index (χ3v) is 20.6. The van der Waals surface area contributed by atoms with Crippen molar-refractivity contribution >= 4 is 94.6 Å². The number of pyridine rings is 2. The third-order valence-electron chi connectivity index (χ3n) is 8.37. The predicted molar refractivity (Wildman–Crippen MR) is 212 cm³/mol. The lowest BCUT2D eigenvalue weighted by molar-refractivity contribution is 0.0695. The number of aromatic carboxylic acids is 1. The van der Waals surface area contributed by atoms with Crippen LogP contribution >= 0.6 is 66.2 Å². The van der Waals surface area contributed by atoms with Gasteiger partial charge in [-0.1, -0.05) is 100 Å². The smallest absolute Gasteiger partial charge is 0.341 e. The van der Waals surface area contributed by atoms with E-state index in [9.17, 15) is 20.8 Å². The van der Waals surface area contributed by atoms with Crippen LogP contribution in [0.1, 0.15) is 73.9 Å². The molecule has 3 aromatic rings. The van der Waals surface area contributed by atoms with E-state index in [0.717, 1.165) is 0 Å². The van der Waals surface area contributed by atoms with Crippen LogP contribution in [0, 0.1) is 3.57 Å². The number of carboxylic acids is 1. The standard InChI is InChI=1S/C13H21Cl2NO2Si.C13H19Cl2NO2Si.C7H5IO4/c2*1-13(2,3)19(4,5)18-8-11(17)9-6-10(14)12(15)16-7-9;9-7(10)5-3-1-2-4-6(5)8(11)12/h6-7,11,17H,8H2,1-5H3;6-7H,8H2,1-5H3;1-4H,(H,9,10)/t11-;;/m1../s1. The Balaban J connectivity index is 0.000000385. The molecule has 2 heterocycles. The number of nitrogens with zero attached hydrogens (tertiary/aromatic N) is 2. The summed E-state index contributed by atoms with van der Waals surface area (Å²) in [6.07, 6.45) is 2.20. The first kappa shape index (κ1) is 46.5. The molecule has 0 fully saturated rings. The van der Waals surface area contributed by atoms with Crippen molar-refractivity contribution in [3.63, 3.8) is 0 Å². The minimum atomic E-state index is -3.67. The highest BCUT2D eigenvalue weighted by atomic mass is 127. The fourth-order valence-corrected chi connectivity index (χ4v) is 6.97. The van der Waals surface area contributed by atoms with E-state index >= 15 is 0 Å². The van der Waals surface area contributed by atoms with Crippen LogP contribution in [0.4, 0.5) is 0 Å². The molecule has 2 N–H and O–H groups in total. The molecule has 0 amide bonds. The number of carbonyl (C=O) groups is 2. The van der Waals surface area contributed by atoms with Crippen LogP contribution < -0.4 is 0 Å². The van der Waals surface area contributed by atoms with Gasteiger partial charge in [-0.25, -0.2) is 20.9 Å². The number of hydrogen-bond acceptors (Lipinski definition) is 9. The van der Waals surface area contributed by atoms with Crippen LogP contribution in [0.5, 0.6) is 0 Å². The number of aromatic nitrogens is 2. The molecule has 1 aromatic carbocycles. The highest BCUT2D eigenvalue weighted by Gasteiger charge is 2.38. The number of benzene rings is 1. The summed E-state index contributed by atoms with van der Waals surface area (Å²) in [5, 5.41) is 19.9. The number of Topliss-reactive ketones (excluding diaryl/α,β-unsaturated/α-hetero) is 1. The van der Waals surface area contributed by atoms with Gasteiger partial charge in [0.1, 0.15) is 16.4 Å². The van der Waals surface area contributed by atoms with Gasteiger partial charge >= 0.3 is 25.8 Å². The Morgan fingerprint density at radius 3 is 1.74 bits per heavy atom. The van der Waals surface area contributed by atoms with Gasteiger partial charge in [0.05, 0.1) is 32.4 Å². The van der Waals surface area contributed by atoms with E-state index in [1.807, 2.05) is 0 Å². The zero-order chi connectivity index (χ0) is 38.8. The largest absolute Gasteiger partial charge is 0.478 e. The molecule has 10 nitrogen and oxygen atoms in total. The zero-order valence-electron chi connectivity index (χ0n) is 29.7. The van der Waals surface area contributed by atoms with Crippen LogP contribution in [0.3, 0.4) is 0 Å². The molecule has 2 aromatic heterocycles. The van der Waals surface area contributed by atoms with Crippen LogP contribution in [0.15, 0.2) is 48.8 Å². The summed E-state index contributed by atoms with van der Waals surface area (Å²) in [6.45, 7) is 21.7. The van der Waals surface area contributed by atoms with Crippen molar-refractivity contribution in [3.05, 3.63) is 89.4 Å². The second-order valence-corrected chi connectivity index (χ2v) is 27.7. The molecule has 0 spiro atoms. The molecule has 0 aliphatic heterocycles.